The summed E-state index contributed by atoms with van der Waals surface area (Å²) in [5.74, 6) is -2.59. The molecule has 0 saturated heterocycles. The number of carboxylic acids is 1. The van der Waals surface area contributed by atoms with Crippen LogP contribution in [0.2, 0.25) is 0 Å². The molecule has 0 fully saturated rings. The summed E-state index contributed by atoms with van der Waals surface area (Å²) in [6, 6.07) is 1.57. The van der Waals surface area contributed by atoms with Crippen molar-refractivity contribution in [3.63, 3.8) is 0 Å². The Morgan fingerprint density at radius 1 is 1.45 bits per heavy atom. The van der Waals surface area contributed by atoms with Gasteiger partial charge in [0.05, 0.1) is 16.6 Å². The predicted molar refractivity (Wildman–Crippen MR) is 71.7 cm³/mol. The van der Waals surface area contributed by atoms with Crippen molar-refractivity contribution in [1.29, 1.82) is 0 Å². The first-order valence-electron chi connectivity index (χ1n) is 6.13. The topological polar surface area (TPSA) is 104 Å². The van der Waals surface area contributed by atoms with Crippen LogP contribution in [0.3, 0.4) is 0 Å². The zero-order valence-corrected chi connectivity index (χ0v) is 11.0. The molecule has 3 N–H and O–H groups in total. The number of aromatic carboxylic acids is 1. The van der Waals surface area contributed by atoms with Gasteiger partial charge in [-0.25, -0.2) is 9.18 Å². The summed E-state index contributed by atoms with van der Waals surface area (Å²) >= 11 is 0. The lowest BCUT2D eigenvalue weighted by molar-refractivity contribution is -0.384. The van der Waals surface area contributed by atoms with Crippen LogP contribution >= 0.6 is 0 Å². The van der Waals surface area contributed by atoms with Gasteiger partial charge in [-0.05, 0) is 25.6 Å². The highest BCUT2D eigenvalue weighted by atomic mass is 19.1. The van der Waals surface area contributed by atoms with Crippen molar-refractivity contribution in [2.24, 2.45) is 0 Å². The molecule has 1 aromatic rings. The molecule has 0 heterocycles. The number of carboxylic acid groups (broad SMARTS) is 1. The third-order valence-corrected chi connectivity index (χ3v) is 2.61. The van der Waals surface area contributed by atoms with Gasteiger partial charge in [0, 0.05) is 6.54 Å². The van der Waals surface area contributed by atoms with E-state index in [1.165, 1.54) is 0 Å². The Balaban J connectivity index is 2.88. The second-order valence-electron chi connectivity index (χ2n) is 4.05. The number of halogens is 1. The molecule has 1 aromatic carbocycles. The van der Waals surface area contributed by atoms with Crippen molar-refractivity contribution in [3.05, 3.63) is 33.6 Å². The molecule has 1 rings (SSSR count). The number of nitro benzene ring substituents is 1. The third kappa shape index (κ3) is 4.16. The first-order valence-corrected chi connectivity index (χ1v) is 6.13. The molecule has 7 nitrogen and oxygen atoms in total. The smallest absolute Gasteiger partial charge is 0.338 e. The van der Waals surface area contributed by atoms with Gasteiger partial charge in [0.15, 0.2) is 0 Å². The fraction of sp³-hybridized carbons (Fsp3) is 0.417. The third-order valence-electron chi connectivity index (χ3n) is 2.61. The van der Waals surface area contributed by atoms with Gasteiger partial charge in [-0.1, -0.05) is 6.92 Å². The zero-order chi connectivity index (χ0) is 15.1. The highest BCUT2D eigenvalue weighted by Gasteiger charge is 2.21. The standard InChI is InChI=1S/C12H16FN3O4/c1-2-14-4-3-5-15-10-6-8(12(17)18)9(13)7-11(10)16(19)20/h6-7,14-15H,2-5H2,1H3,(H,17,18). The highest BCUT2D eigenvalue weighted by Crippen LogP contribution is 2.27. The van der Waals surface area contributed by atoms with Gasteiger partial charge in [0.2, 0.25) is 0 Å². The van der Waals surface area contributed by atoms with Gasteiger partial charge >= 0.3 is 5.97 Å². The number of benzene rings is 1. The van der Waals surface area contributed by atoms with Gasteiger partial charge in [-0.3, -0.25) is 10.1 Å². The normalized spacial score (nSPS) is 10.3. The molecule has 0 aliphatic carbocycles. The van der Waals surface area contributed by atoms with Crippen molar-refractivity contribution < 1.29 is 19.2 Å². The number of nitrogens with zero attached hydrogens (tertiary/aromatic N) is 1. The average molecular weight is 285 g/mol. The van der Waals surface area contributed by atoms with E-state index in [2.05, 4.69) is 10.6 Å². The lowest BCUT2D eigenvalue weighted by Gasteiger charge is -2.09. The predicted octanol–water partition coefficient (Wildman–Crippen LogP) is 1.84. The molecule has 20 heavy (non-hydrogen) atoms. The number of rotatable bonds is 8. The number of nitro groups is 1. The molecule has 0 saturated carbocycles. The maximum atomic E-state index is 13.4. The summed E-state index contributed by atoms with van der Waals surface area (Å²) in [6.45, 7) is 3.92. The molecule has 0 unspecified atom stereocenters. The first kappa shape index (κ1) is 15.8. The Morgan fingerprint density at radius 3 is 2.70 bits per heavy atom. The lowest BCUT2D eigenvalue weighted by atomic mass is 10.1. The van der Waals surface area contributed by atoms with Gasteiger partial charge in [-0.15, -0.1) is 0 Å². The summed E-state index contributed by atoms with van der Waals surface area (Å²) in [4.78, 5) is 20.9. The molecule has 8 heteroatoms. The van der Waals surface area contributed by atoms with Crippen LogP contribution in [0.4, 0.5) is 15.8 Å². The van der Waals surface area contributed by atoms with Crippen LogP contribution in [-0.4, -0.2) is 35.6 Å². The SMILES string of the molecule is CCNCCCNc1cc(C(=O)O)c(F)cc1[N+](=O)[O-]. The fourth-order valence-corrected chi connectivity index (χ4v) is 1.63. The molecule has 0 bridgehead atoms. The number of nitrogens with one attached hydrogen (secondary N) is 2. The second-order valence-corrected chi connectivity index (χ2v) is 4.05. The van der Waals surface area contributed by atoms with E-state index in [0.717, 1.165) is 19.2 Å². The van der Waals surface area contributed by atoms with E-state index in [1.807, 2.05) is 6.92 Å². The van der Waals surface area contributed by atoms with Crippen LogP contribution in [0.15, 0.2) is 12.1 Å². The minimum atomic E-state index is -1.46. The maximum Gasteiger partial charge on any atom is 0.338 e. The Morgan fingerprint density at radius 2 is 2.15 bits per heavy atom. The van der Waals surface area contributed by atoms with Gasteiger partial charge < -0.3 is 15.7 Å². The maximum absolute atomic E-state index is 13.4. The van der Waals surface area contributed by atoms with Gasteiger partial charge in [-0.2, -0.15) is 0 Å². The first-order chi connectivity index (χ1) is 9.47. The largest absolute Gasteiger partial charge is 0.478 e. The van der Waals surface area contributed by atoms with Crippen molar-refractivity contribution in [2.75, 3.05) is 25.0 Å². The molecule has 0 amide bonds. The molecular weight excluding hydrogens is 269 g/mol. The van der Waals surface area contributed by atoms with Crippen LogP contribution in [0.25, 0.3) is 0 Å². The summed E-state index contributed by atoms with van der Waals surface area (Å²) in [6.07, 6.45) is 0.699. The average Bonchev–Trinajstić information content (AvgIpc) is 2.39. The van der Waals surface area contributed by atoms with E-state index in [0.29, 0.717) is 19.0 Å². The number of hydrogen-bond donors (Lipinski definition) is 3. The van der Waals surface area contributed by atoms with Crippen LogP contribution in [0, 0.1) is 15.9 Å². The molecule has 0 radical (unpaired) electrons. The molecule has 0 aliphatic heterocycles. The number of carbonyl (C=O) groups is 1. The summed E-state index contributed by atoms with van der Waals surface area (Å²) in [5, 5.41) is 25.5. The Labute approximate surface area is 114 Å². The number of hydrogen-bond acceptors (Lipinski definition) is 5. The monoisotopic (exact) mass is 285 g/mol. The van der Waals surface area contributed by atoms with Crippen LogP contribution in [0.1, 0.15) is 23.7 Å². The Hall–Kier alpha value is -2.22. The molecule has 0 spiro atoms. The van der Waals surface area contributed by atoms with E-state index in [-0.39, 0.29) is 5.69 Å². The van der Waals surface area contributed by atoms with E-state index in [1.54, 1.807) is 0 Å². The quantitative estimate of drug-likeness (QED) is 0.382. The highest BCUT2D eigenvalue weighted by molar-refractivity contribution is 5.90. The molecule has 110 valence electrons. The van der Waals surface area contributed by atoms with E-state index >= 15 is 0 Å². The molecule has 0 aromatic heterocycles. The summed E-state index contributed by atoms with van der Waals surface area (Å²) < 4.78 is 13.4. The molecular formula is C12H16FN3O4. The van der Waals surface area contributed by atoms with Crippen molar-refractivity contribution in [2.45, 2.75) is 13.3 Å². The van der Waals surface area contributed by atoms with Gasteiger partial charge in [0.1, 0.15) is 11.5 Å². The Kier molecular flexibility index (Phi) is 5.85. The molecule has 0 aliphatic rings. The Bertz CT molecular complexity index is 508. The second kappa shape index (κ2) is 7.39. The minimum absolute atomic E-state index is 0.00491. The van der Waals surface area contributed by atoms with E-state index in [9.17, 15) is 19.3 Å². The fourth-order valence-electron chi connectivity index (χ4n) is 1.63. The number of anilines is 1. The van der Waals surface area contributed by atoms with Crippen LogP contribution in [-0.2, 0) is 0 Å². The van der Waals surface area contributed by atoms with Gasteiger partial charge in [0.25, 0.3) is 5.69 Å². The minimum Gasteiger partial charge on any atom is -0.478 e. The summed E-state index contributed by atoms with van der Waals surface area (Å²) in [7, 11) is 0. The summed E-state index contributed by atoms with van der Waals surface area (Å²) in [5.41, 5.74) is -1.06. The lowest BCUT2D eigenvalue weighted by Crippen LogP contribution is -2.17. The van der Waals surface area contributed by atoms with E-state index in [4.69, 9.17) is 5.11 Å². The van der Waals surface area contributed by atoms with Crippen molar-refractivity contribution in [3.8, 4) is 0 Å². The van der Waals surface area contributed by atoms with Crippen molar-refractivity contribution in [1.82, 2.24) is 5.32 Å². The van der Waals surface area contributed by atoms with Crippen LogP contribution in [0.5, 0.6) is 0 Å². The molecule has 0 atom stereocenters. The van der Waals surface area contributed by atoms with E-state index < -0.39 is 28.0 Å². The van der Waals surface area contributed by atoms with Crippen LogP contribution < -0.4 is 10.6 Å². The van der Waals surface area contributed by atoms with Crippen molar-refractivity contribution >= 4 is 17.3 Å². The zero-order valence-electron chi connectivity index (χ0n) is 11.0.